The van der Waals surface area contributed by atoms with Crippen LogP contribution >= 0.6 is 0 Å². The average Bonchev–Trinajstić information content (AvgIpc) is 2.82. The number of aryl methyl sites for hydroxylation is 3. The molecule has 0 spiro atoms. The molecule has 1 atom stereocenters. The van der Waals surface area contributed by atoms with Gasteiger partial charge in [-0.15, -0.1) is 0 Å². The number of ether oxygens (including phenoxy) is 1. The van der Waals surface area contributed by atoms with E-state index in [9.17, 15) is 13.2 Å². The van der Waals surface area contributed by atoms with E-state index in [0.717, 1.165) is 40.0 Å². The lowest BCUT2D eigenvalue weighted by Crippen LogP contribution is -2.30. The molecule has 0 fully saturated rings. The number of carbonyl (C=O) groups is 1. The van der Waals surface area contributed by atoms with E-state index in [-0.39, 0.29) is 18.5 Å². The first kappa shape index (κ1) is 26.3. The van der Waals surface area contributed by atoms with E-state index < -0.39 is 10.0 Å². The number of hydrogen-bond donors (Lipinski definition) is 1. The van der Waals surface area contributed by atoms with Crippen molar-refractivity contribution in [2.45, 2.75) is 46.7 Å². The third-order valence-corrected chi connectivity index (χ3v) is 7.40. The van der Waals surface area contributed by atoms with Crippen LogP contribution < -0.4 is 14.4 Å². The highest BCUT2D eigenvalue weighted by atomic mass is 32.2. The van der Waals surface area contributed by atoms with Gasteiger partial charge in [0.25, 0.3) is 5.91 Å². The normalized spacial score (nSPS) is 12.2. The van der Waals surface area contributed by atoms with Crippen LogP contribution in [0.5, 0.6) is 5.75 Å². The largest absolute Gasteiger partial charge is 0.496 e. The van der Waals surface area contributed by atoms with E-state index in [1.807, 2.05) is 64.1 Å². The number of nitrogens with zero attached hydrogens (tertiary/aromatic N) is 1. The van der Waals surface area contributed by atoms with Gasteiger partial charge in [-0.05, 0) is 85.3 Å². The maximum absolute atomic E-state index is 12.9. The van der Waals surface area contributed by atoms with Gasteiger partial charge in [-0.25, -0.2) is 8.42 Å². The molecule has 0 aliphatic carbocycles. The molecular formula is C28H34N2O4S. The number of amides is 1. The van der Waals surface area contributed by atoms with Crippen LogP contribution in [0.1, 0.15) is 57.6 Å². The lowest BCUT2D eigenvalue weighted by molar-refractivity contribution is 0.0935. The third kappa shape index (κ3) is 6.42. The van der Waals surface area contributed by atoms with Gasteiger partial charge < -0.3 is 10.1 Å². The minimum absolute atomic E-state index is 0.128. The van der Waals surface area contributed by atoms with Crippen molar-refractivity contribution in [2.24, 2.45) is 0 Å². The van der Waals surface area contributed by atoms with Gasteiger partial charge in [0.2, 0.25) is 10.0 Å². The fraction of sp³-hybridized carbons (Fsp3) is 0.321. The summed E-state index contributed by atoms with van der Waals surface area (Å²) in [5.41, 5.74) is 6.11. The maximum atomic E-state index is 12.9. The van der Waals surface area contributed by atoms with E-state index in [0.29, 0.717) is 11.3 Å². The molecule has 0 saturated heterocycles. The summed E-state index contributed by atoms with van der Waals surface area (Å²) in [5, 5.41) is 3.10. The minimum atomic E-state index is -3.49. The zero-order valence-corrected chi connectivity index (χ0v) is 22.1. The maximum Gasteiger partial charge on any atom is 0.251 e. The van der Waals surface area contributed by atoms with Crippen LogP contribution in [0.25, 0.3) is 0 Å². The molecular weight excluding hydrogens is 460 g/mol. The van der Waals surface area contributed by atoms with Gasteiger partial charge in [-0.3, -0.25) is 9.10 Å². The molecule has 3 rings (SSSR count). The molecule has 0 heterocycles. The molecule has 0 saturated carbocycles. The Hall–Kier alpha value is -3.32. The fourth-order valence-corrected chi connectivity index (χ4v) is 4.87. The minimum Gasteiger partial charge on any atom is -0.496 e. The number of nitrogens with one attached hydrogen (secondary N) is 1. The van der Waals surface area contributed by atoms with Gasteiger partial charge in [-0.2, -0.15) is 0 Å². The Labute approximate surface area is 209 Å². The molecule has 0 radical (unpaired) electrons. The summed E-state index contributed by atoms with van der Waals surface area (Å²) in [6.45, 7) is 8.15. The monoisotopic (exact) mass is 494 g/mol. The van der Waals surface area contributed by atoms with Crippen LogP contribution in [-0.2, 0) is 16.6 Å². The highest BCUT2D eigenvalue weighted by molar-refractivity contribution is 7.92. The first-order valence-electron chi connectivity index (χ1n) is 11.6. The Morgan fingerprint density at radius 3 is 2.17 bits per heavy atom. The molecule has 0 aromatic heterocycles. The Balaban J connectivity index is 1.76. The summed E-state index contributed by atoms with van der Waals surface area (Å²) in [6, 6.07) is 18.5. The van der Waals surface area contributed by atoms with E-state index in [2.05, 4.69) is 5.32 Å². The number of hydrogen-bond acceptors (Lipinski definition) is 4. The van der Waals surface area contributed by atoms with Gasteiger partial charge in [0, 0.05) is 5.56 Å². The number of methoxy groups -OCH3 is 1. The molecule has 186 valence electrons. The molecule has 0 bridgehead atoms. The van der Waals surface area contributed by atoms with Crippen LogP contribution in [-0.4, -0.2) is 27.7 Å². The SMILES string of the molecule is CCC(NC(=O)c1ccc(CN(c2ccc(C)c(C)c2)S(C)(=O)=O)cc1)c1ccc(OC)c(C)c1. The predicted octanol–water partition coefficient (Wildman–Crippen LogP) is 5.47. The van der Waals surface area contributed by atoms with E-state index >= 15 is 0 Å². The number of anilines is 1. The third-order valence-electron chi connectivity index (χ3n) is 6.26. The van der Waals surface area contributed by atoms with Crippen molar-refractivity contribution in [3.63, 3.8) is 0 Å². The van der Waals surface area contributed by atoms with E-state index in [1.165, 1.54) is 10.6 Å². The fourth-order valence-electron chi connectivity index (χ4n) is 3.99. The first-order chi connectivity index (χ1) is 16.5. The second kappa shape index (κ2) is 11.0. The lowest BCUT2D eigenvalue weighted by Gasteiger charge is -2.23. The van der Waals surface area contributed by atoms with Crippen LogP contribution in [0, 0.1) is 20.8 Å². The summed E-state index contributed by atoms with van der Waals surface area (Å²) in [6.07, 6.45) is 1.95. The zero-order valence-electron chi connectivity index (χ0n) is 21.3. The van der Waals surface area contributed by atoms with Gasteiger partial charge in [0.15, 0.2) is 0 Å². The molecule has 35 heavy (non-hydrogen) atoms. The summed E-state index contributed by atoms with van der Waals surface area (Å²) in [5.74, 6) is 0.639. The summed E-state index contributed by atoms with van der Waals surface area (Å²) >= 11 is 0. The Morgan fingerprint density at radius 1 is 0.943 bits per heavy atom. The standard InChI is InChI=1S/C28H34N2O4S/c1-7-26(24-13-15-27(34-5)21(4)16-24)29-28(31)23-11-9-22(10-12-23)18-30(35(6,32)33)25-14-8-19(2)20(3)17-25/h8-17,26H,7,18H2,1-6H3,(H,29,31). The Morgan fingerprint density at radius 2 is 1.63 bits per heavy atom. The highest BCUT2D eigenvalue weighted by Crippen LogP contribution is 2.26. The van der Waals surface area contributed by atoms with E-state index in [4.69, 9.17) is 4.74 Å². The molecule has 7 heteroatoms. The summed E-state index contributed by atoms with van der Waals surface area (Å²) in [4.78, 5) is 12.9. The van der Waals surface area contributed by atoms with Crippen molar-refractivity contribution in [3.05, 3.63) is 94.0 Å². The molecule has 1 unspecified atom stereocenters. The second-order valence-corrected chi connectivity index (χ2v) is 10.8. The summed E-state index contributed by atoms with van der Waals surface area (Å²) in [7, 11) is -1.85. The Bertz CT molecular complexity index is 1300. The van der Waals surface area contributed by atoms with Gasteiger partial charge >= 0.3 is 0 Å². The quantitative estimate of drug-likeness (QED) is 0.428. The highest BCUT2D eigenvalue weighted by Gasteiger charge is 2.19. The van der Waals surface area contributed by atoms with Crippen LogP contribution in [0.3, 0.4) is 0 Å². The van der Waals surface area contributed by atoms with Gasteiger partial charge in [-0.1, -0.05) is 37.3 Å². The van der Waals surface area contributed by atoms with Crippen molar-refractivity contribution < 1.29 is 17.9 Å². The lowest BCUT2D eigenvalue weighted by atomic mass is 10.0. The molecule has 0 aliphatic heterocycles. The van der Waals surface area contributed by atoms with Gasteiger partial charge in [0.05, 0.1) is 31.6 Å². The molecule has 1 amide bonds. The topological polar surface area (TPSA) is 75.7 Å². The van der Waals surface area contributed by atoms with Crippen LogP contribution in [0.15, 0.2) is 60.7 Å². The van der Waals surface area contributed by atoms with Crippen LogP contribution in [0.2, 0.25) is 0 Å². The average molecular weight is 495 g/mol. The molecule has 3 aromatic rings. The number of rotatable bonds is 9. The zero-order chi connectivity index (χ0) is 25.8. The van der Waals surface area contributed by atoms with Crippen molar-refractivity contribution in [1.82, 2.24) is 5.32 Å². The molecule has 6 nitrogen and oxygen atoms in total. The number of benzene rings is 3. The molecule has 0 aliphatic rings. The second-order valence-electron chi connectivity index (χ2n) is 8.90. The Kier molecular flexibility index (Phi) is 8.22. The number of sulfonamides is 1. The molecule has 1 N–H and O–H groups in total. The van der Waals surface area contributed by atoms with Crippen molar-refractivity contribution >= 4 is 21.6 Å². The van der Waals surface area contributed by atoms with Crippen LogP contribution in [0.4, 0.5) is 5.69 Å². The van der Waals surface area contributed by atoms with Crippen molar-refractivity contribution in [1.29, 1.82) is 0 Å². The number of carbonyl (C=O) groups excluding carboxylic acids is 1. The van der Waals surface area contributed by atoms with Crippen molar-refractivity contribution in [2.75, 3.05) is 17.7 Å². The summed E-state index contributed by atoms with van der Waals surface area (Å²) < 4.78 is 31.7. The van der Waals surface area contributed by atoms with Crippen molar-refractivity contribution in [3.8, 4) is 5.75 Å². The predicted molar refractivity (Wildman–Crippen MR) is 142 cm³/mol. The van der Waals surface area contributed by atoms with E-state index in [1.54, 1.807) is 31.4 Å². The van der Waals surface area contributed by atoms with Gasteiger partial charge in [0.1, 0.15) is 5.75 Å². The smallest absolute Gasteiger partial charge is 0.251 e. The first-order valence-corrected chi connectivity index (χ1v) is 13.5. The molecule has 3 aromatic carbocycles.